The zero-order valence-corrected chi connectivity index (χ0v) is 15.6. The average molecular weight is 345 g/mol. The number of rotatable bonds is 7. The van der Waals surface area contributed by atoms with Crippen LogP contribution in [0.4, 0.5) is 0 Å². The molecular formula is C20H31N3O2. The van der Waals surface area contributed by atoms with Crippen molar-refractivity contribution in [1.82, 2.24) is 10.2 Å². The summed E-state index contributed by atoms with van der Waals surface area (Å²) in [5, 5.41) is 3.07. The summed E-state index contributed by atoms with van der Waals surface area (Å²) in [4.78, 5) is 25.6. The molecule has 0 aliphatic carbocycles. The van der Waals surface area contributed by atoms with Crippen LogP contribution in [0.1, 0.15) is 50.8 Å². The molecule has 1 atom stereocenters. The third-order valence-corrected chi connectivity index (χ3v) is 4.86. The molecule has 138 valence electrons. The number of carbonyl (C=O) groups is 2. The molecule has 1 saturated heterocycles. The van der Waals surface area contributed by atoms with Crippen molar-refractivity contribution in [1.29, 1.82) is 0 Å². The quantitative estimate of drug-likeness (QED) is 0.796. The number of hydrogen-bond acceptors (Lipinski definition) is 3. The van der Waals surface area contributed by atoms with Crippen LogP contribution in [0.5, 0.6) is 0 Å². The number of nitrogens with two attached hydrogens (primary N) is 1. The van der Waals surface area contributed by atoms with Gasteiger partial charge in [-0.15, -0.1) is 0 Å². The summed E-state index contributed by atoms with van der Waals surface area (Å²) in [7, 11) is 0. The second kappa shape index (κ2) is 8.99. The molecule has 0 bridgehead atoms. The van der Waals surface area contributed by atoms with Gasteiger partial charge in [0.2, 0.25) is 11.8 Å². The maximum Gasteiger partial charge on any atom is 0.234 e. The Hall–Kier alpha value is -1.88. The summed E-state index contributed by atoms with van der Waals surface area (Å²) in [6, 6.07) is 8.48. The van der Waals surface area contributed by atoms with Gasteiger partial charge < -0.3 is 11.1 Å². The van der Waals surface area contributed by atoms with E-state index in [4.69, 9.17) is 5.73 Å². The Bertz CT molecular complexity index is 575. The Kier molecular flexibility index (Phi) is 7.00. The van der Waals surface area contributed by atoms with Crippen LogP contribution >= 0.6 is 0 Å². The lowest BCUT2D eigenvalue weighted by molar-refractivity contribution is -0.124. The average Bonchev–Trinajstić information content (AvgIpc) is 2.55. The molecule has 0 spiro atoms. The van der Waals surface area contributed by atoms with Crippen LogP contribution in [-0.4, -0.2) is 36.3 Å². The maximum absolute atomic E-state index is 12.3. The standard InChI is InChI=1S/C20H31N3O2/c1-14(2)12-16-4-6-17(7-5-16)15(3)22-19(24)13-23-10-8-18(9-11-23)20(21)25/h4-7,14-15,18H,8-13H2,1-3H3,(H2,21,25)(H,22,24)/t15-/m1/s1. The summed E-state index contributed by atoms with van der Waals surface area (Å²) in [6.07, 6.45) is 2.56. The van der Waals surface area contributed by atoms with Gasteiger partial charge in [0.15, 0.2) is 0 Å². The molecule has 2 amide bonds. The molecule has 1 aliphatic heterocycles. The first-order valence-corrected chi connectivity index (χ1v) is 9.25. The van der Waals surface area contributed by atoms with E-state index in [9.17, 15) is 9.59 Å². The molecule has 2 rings (SSSR count). The second-order valence-electron chi connectivity index (χ2n) is 7.58. The molecule has 0 radical (unpaired) electrons. The van der Waals surface area contributed by atoms with Gasteiger partial charge in [-0.25, -0.2) is 0 Å². The van der Waals surface area contributed by atoms with E-state index < -0.39 is 0 Å². The number of amides is 2. The number of primary amides is 1. The van der Waals surface area contributed by atoms with Gasteiger partial charge in [-0.1, -0.05) is 38.1 Å². The lowest BCUT2D eigenvalue weighted by atomic mass is 9.96. The first kappa shape index (κ1) is 19.4. The predicted molar refractivity (Wildman–Crippen MR) is 99.9 cm³/mol. The van der Waals surface area contributed by atoms with Crippen LogP contribution < -0.4 is 11.1 Å². The number of likely N-dealkylation sites (tertiary alicyclic amines) is 1. The SMILES string of the molecule is CC(C)Cc1ccc([C@@H](C)NC(=O)CN2CCC(C(N)=O)CC2)cc1. The largest absolute Gasteiger partial charge is 0.369 e. The molecule has 1 aromatic rings. The summed E-state index contributed by atoms with van der Waals surface area (Å²) < 4.78 is 0. The van der Waals surface area contributed by atoms with Gasteiger partial charge in [0, 0.05) is 5.92 Å². The summed E-state index contributed by atoms with van der Waals surface area (Å²) in [5.41, 5.74) is 7.79. The minimum atomic E-state index is -0.223. The normalized spacial score (nSPS) is 17.4. The lowest BCUT2D eigenvalue weighted by Gasteiger charge is -2.30. The molecule has 25 heavy (non-hydrogen) atoms. The van der Waals surface area contributed by atoms with Crippen LogP contribution in [0.2, 0.25) is 0 Å². The monoisotopic (exact) mass is 345 g/mol. The van der Waals surface area contributed by atoms with Crippen molar-refractivity contribution in [2.45, 2.75) is 46.1 Å². The predicted octanol–water partition coefficient (Wildman–Crippen LogP) is 2.26. The molecule has 1 aliphatic rings. The highest BCUT2D eigenvalue weighted by Gasteiger charge is 2.24. The summed E-state index contributed by atoms with van der Waals surface area (Å²) in [6.45, 7) is 8.31. The van der Waals surface area contributed by atoms with Crippen LogP contribution in [0.3, 0.4) is 0 Å². The fourth-order valence-corrected chi connectivity index (χ4v) is 3.36. The van der Waals surface area contributed by atoms with Crippen molar-refractivity contribution in [3.05, 3.63) is 35.4 Å². The molecule has 1 aromatic carbocycles. The van der Waals surface area contributed by atoms with Crippen molar-refractivity contribution in [2.75, 3.05) is 19.6 Å². The van der Waals surface area contributed by atoms with E-state index in [-0.39, 0.29) is 23.8 Å². The highest BCUT2D eigenvalue weighted by molar-refractivity contribution is 5.79. The number of hydrogen-bond donors (Lipinski definition) is 2. The van der Waals surface area contributed by atoms with E-state index in [1.807, 2.05) is 6.92 Å². The maximum atomic E-state index is 12.3. The topological polar surface area (TPSA) is 75.4 Å². The first-order valence-electron chi connectivity index (χ1n) is 9.25. The molecule has 3 N–H and O–H groups in total. The third kappa shape index (κ3) is 6.16. The van der Waals surface area contributed by atoms with E-state index in [0.717, 1.165) is 37.9 Å². The smallest absolute Gasteiger partial charge is 0.234 e. The fraction of sp³-hybridized carbons (Fsp3) is 0.600. The number of nitrogens with zero attached hydrogens (tertiary/aromatic N) is 1. The van der Waals surface area contributed by atoms with E-state index in [1.54, 1.807) is 0 Å². The molecule has 0 unspecified atom stereocenters. The second-order valence-corrected chi connectivity index (χ2v) is 7.58. The van der Waals surface area contributed by atoms with Crippen molar-refractivity contribution < 1.29 is 9.59 Å². The number of carbonyl (C=O) groups excluding carboxylic acids is 2. The molecule has 0 aromatic heterocycles. The summed E-state index contributed by atoms with van der Waals surface area (Å²) in [5.74, 6) is 0.402. The molecule has 5 heteroatoms. The molecule has 1 heterocycles. The van der Waals surface area contributed by atoms with E-state index in [1.165, 1.54) is 5.56 Å². The number of piperidine rings is 1. The van der Waals surface area contributed by atoms with Crippen LogP contribution in [-0.2, 0) is 16.0 Å². The van der Waals surface area contributed by atoms with Gasteiger partial charge in [0.1, 0.15) is 0 Å². The van der Waals surface area contributed by atoms with E-state index in [0.29, 0.717) is 12.5 Å². The third-order valence-electron chi connectivity index (χ3n) is 4.86. The zero-order chi connectivity index (χ0) is 18.4. The Labute approximate surface area is 151 Å². The van der Waals surface area contributed by atoms with Crippen molar-refractivity contribution in [3.8, 4) is 0 Å². The van der Waals surface area contributed by atoms with Gasteiger partial charge in [0.25, 0.3) is 0 Å². The minimum Gasteiger partial charge on any atom is -0.369 e. The van der Waals surface area contributed by atoms with Crippen LogP contribution in [0, 0.1) is 11.8 Å². The van der Waals surface area contributed by atoms with E-state index in [2.05, 4.69) is 48.3 Å². The van der Waals surface area contributed by atoms with Gasteiger partial charge in [0.05, 0.1) is 12.6 Å². The number of benzene rings is 1. The zero-order valence-electron chi connectivity index (χ0n) is 15.6. The van der Waals surface area contributed by atoms with Crippen molar-refractivity contribution in [2.24, 2.45) is 17.6 Å². The number of nitrogens with one attached hydrogen (secondary N) is 1. The van der Waals surface area contributed by atoms with Gasteiger partial charge in [-0.3, -0.25) is 14.5 Å². The fourth-order valence-electron chi connectivity index (χ4n) is 3.36. The Morgan fingerprint density at radius 2 is 1.76 bits per heavy atom. The summed E-state index contributed by atoms with van der Waals surface area (Å²) >= 11 is 0. The Morgan fingerprint density at radius 3 is 2.28 bits per heavy atom. The van der Waals surface area contributed by atoms with Gasteiger partial charge in [-0.05, 0) is 56.3 Å². The van der Waals surface area contributed by atoms with Gasteiger partial charge >= 0.3 is 0 Å². The first-order chi connectivity index (χ1) is 11.8. The van der Waals surface area contributed by atoms with Crippen molar-refractivity contribution >= 4 is 11.8 Å². The molecular weight excluding hydrogens is 314 g/mol. The minimum absolute atomic E-state index is 0.0104. The van der Waals surface area contributed by atoms with Crippen LogP contribution in [0.25, 0.3) is 0 Å². The van der Waals surface area contributed by atoms with Crippen LogP contribution in [0.15, 0.2) is 24.3 Å². The van der Waals surface area contributed by atoms with Gasteiger partial charge in [-0.2, -0.15) is 0 Å². The lowest BCUT2D eigenvalue weighted by Crippen LogP contribution is -2.44. The molecule has 5 nitrogen and oxygen atoms in total. The highest BCUT2D eigenvalue weighted by Crippen LogP contribution is 2.17. The Balaban J connectivity index is 1.79. The highest BCUT2D eigenvalue weighted by atomic mass is 16.2. The van der Waals surface area contributed by atoms with E-state index >= 15 is 0 Å². The molecule has 1 fully saturated rings. The molecule has 0 saturated carbocycles. The van der Waals surface area contributed by atoms with Crippen molar-refractivity contribution in [3.63, 3.8) is 0 Å². The Morgan fingerprint density at radius 1 is 1.16 bits per heavy atom.